The largest absolute Gasteiger partial charge is 0.346 e. The number of nitrogens with zero attached hydrogens (tertiary/aromatic N) is 6. The van der Waals surface area contributed by atoms with Gasteiger partial charge in [0.05, 0.1) is 0 Å². The number of amides is 1. The minimum atomic E-state index is -0.293. The third-order valence-electron chi connectivity index (χ3n) is 4.35. The average Bonchev–Trinajstić information content (AvgIpc) is 2.98. The van der Waals surface area contributed by atoms with Crippen molar-refractivity contribution in [1.82, 2.24) is 29.9 Å². The van der Waals surface area contributed by atoms with Gasteiger partial charge < -0.3 is 10.2 Å². The summed E-state index contributed by atoms with van der Waals surface area (Å²) in [6, 6.07) is 1.77. The van der Waals surface area contributed by atoms with Crippen LogP contribution in [0.1, 0.15) is 28.9 Å². The van der Waals surface area contributed by atoms with Gasteiger partial charge >= 0.3 is 0 Å². The summed E-state index contributed by atoms with van der Waals surface area (Å²) in [5.74, 6) is 0.385. The molecule has 1 fully saturated rings. The molecule has 1 aliphatic rings. The highest BCUT2D eigenvalue weighted by Gasteiger charge is 2.26. The summed E-state index contributed by atoms with van der Waals surface area (Å²) >= 11 is 6.31. The maximum Gasteiger partial charge on any atom is 0.273 e. The molecule has 3 aromatic rings. The van der Waals surface area contributed by atoms with E-state index in [1.165, 1.54) is 4.52 Å². The molecule has 1 atom stereocenters. The van der Waals surface area contributed by atoms with Gasteiger partial charge in [0.1, 0.15) is 5.02 Å². The minimum Gasteiger partial charge on any atom is -0.346 e. The molecule has 0 unspecified atom stereocenters. The molecule has 1 saturated heterocycles. The van der Waals surface area contributed by atoms with E-state index in [2.05, 4.69) is 30.3 Å². The molecule has 1 amide bonds. The van der Waals surface area contributed by atoms with Crippen molar-refractivity contribution in [2.75, 3.05) is 18.0 Å². The lowest BCUT2D eigenvalue weighted by atomic mass is 10.1. The molecule has 9 heteroatoms. The molecule has 0 aliphatic carbocycles. The number of hydrogen-bond donors (Lipinski definition) is 1. The zero-order valence-electron chi connectivity index (χ0n) is 14.3. The summed E-state index contributed by atoms with van der Waals surface area (Å²) < 4.78 is 1.54. The third kappa shape index (κ3) is 3.20. The van der Waals surface area contributed by atoms with E-state index >= 15 is 0 Å². The smallest absolute Gasteiger partial charge is 0.273 e. The molecule has 0 spiro atoms. The van der Waals surface area contributed by atoms with Crippen LogP contribution in [-0.4, -0.2) is 49.6 Å². The van der Waals surface area contributed by atoms with Crippen LogP contribution in [0.15, 0.2) is 30.9 Å². The Morgan fingerprint density at radius 3 is 2.92 bits per heavy atom. The van der Waals surface area contributed by atoms with Gasteiger partial charge in [-0.1, -0.05) is 11.6 Å². The van der Waals surface area contributed by atoms with Crippen LogP contribution in [0.5, 0.6) is 0 Å². The summed E-state index contributed by atoms with van der Waals surface area (Å²) in [4.78, 5) is 27.6. The molecule has 134 valence electrons. The van der Waals surface area contributed by atoms with Crippen molar-refractivity contribution < 1.29 is 4.79 Å². The van der Waals surface area contributed by atoms with Gasteiger partial charge in [-0.25, -0.2) is 19.5 Å². The Bertz CT molecular complexity index is 943. The van der Waals surface area contributed by atoms with Crippen molar-refractivity contribution in [3.05, 3.63) is 47.1 Å². The summed E-state index contributed by atoms with van der Waals surface area (Å²) in [7, 11) is 0. The lowest BCUT2D eigenvalue weighted by Crippen LogP contribution is -2.48. The summed E-state index contributed by atoms with van der Waals surface area (Å²) in [5, 5.41) is 7.58. The SMILES string of the molecule is Cc1cnc2c(Cl)c(C(=O)N[C@H]3CCCN(c4ncccn4)C3)nn2c1. The first-order valence-corrected chi connectivity index (χ1v) is 8.83. The monoisotopic (exact) mass is 371 g/mol. The fraction of sp³-hybridized carbons (Fsp3) is 0.353. The standard InChI is InChI=1S/C17H18ClN7O/c1-11-8-21-15-13(18)14(23-25(15)9-11)16(26)22-12-4-2-7-24(10-12)17-19-5-3-6-20-17/h3,5-6,8-9,12H,2,4,7,10H2,1H3,(H,22,26)/t12-/m0/s1. The van der Waals surface area contributed by atoms with Gasteiger partial charge in [-0.2, -0.15) is 5.10 Å². The second-order valence-electron chi connectivity index (χ2n) is 6.37. The van der Waals surface area contributed by atoms with E-state index in [0.29, 0.717) is 18.1 Å². The van der Waals surface area contributed by atoms with Crippen molar-refractivity contribution in [3.8, 4) is 0 Å². The van der Waals surface area contributed by atoms with Crippen LogP contribution >= 0.6 is 11.6 Å². The molecular formula is C17H18ClN7O. The molecule has 0 bridgehead atoms. The van der Waals surface area contributed by atoms with E-state index < -0.39 is 0 Å². The summed E-state index contributed by atoms with van der Waals surface area (Å²) in [5.41, 5.74) is 1.61. The number of carbonyl (C=O) groups excluding carboxylic acids is 1. The number of halogens is 1. The minimum absolute atomic E-state index is 0.0179. The van der Waals surface area contributed by atoms with E-state index in [4.69, 9.17) is 11.6 Å². The number of carbonyl (C=O) groups is 1. The van der Waals surface area contributed by atoms with Crippen molar-refractivity contribution in [1.29, 1.82) is 0 Å². The van der Waals surface area contributed by atoms with E-state index in [-0.39, 0.29) is 22.7 Å². The second kappa shape index (κ2) is 6.87. The molecule has 1 aliphatic heterocycles. The van der Waals surface area contributed by atoms with Gasteiger partial charge in [0, 0.05) is 43.9 Å². The molecule has 8 nitrogen and oxygen atoms in total. The topological polar surface area (TPSA) is 88.3 Å². The van der Waals surface area contributed by atoms with Crippen LogP contribution < -0.4 is 10.2 Å². The number of rotatable bonds is 3. The molecule has 3 aromatic heterocycles. The van der Waals surface area contributed by atoms with Crippen LogP contribution in [0.3, 0.4) is 0 Å². The van der Waals surface area contributed by atoms with Crippen molar-refractivity contribution in [2.24, 2.45) is 0 Å². The Morgan fingerprint density at radius 2 is 2.12 bits per heavy atom. The van der Waals surface area contributed by atoms with E-state index in [0.717, 1.165) is 24.9 Å². The van der Waals surface area contributed by atoms with Gasteiger partial charge in [0.2, 0.25) is 5.95 Å². The third-order valence-corrected chi connectivity index (χ3v) is 4.70. The van der Waals surface area contributed by atoms with Gasteiger partial charge in [0.25, 0.3) is 5.91 Å². The number of piperidine rings is 1. The van der Waals surface area contributed by atoms with E-state index in [1.807, 2.05) is 6.92 Å². The first-order chi connectivity index (χ1) is 12.6. The second-order valence-corrected chi connectivity index (χ2v) is 6.75. The highest BCUT2D eigenvalue weighted by molar-refractivity contribution is 6.36. The number of nitrogens with one attached hydrogen (secondary N) is 1. The normalized spacial score (nSPS) is 17.5. The summed E-state index contributed by atoms with van der Waals surface area (Å²) in [6.07, 6.45) is 8.76. The van der Waals surface area contributed by atoms with E-state index in [1.54, 1.807) is 30.9 Å². The number of hydrogen-bond acceptors (Lipinski definition) is 6. The van der Waals surface area contributed by atoms with Gasteiger partial charge in [-0.15, -0.1) is 0 Å². The first kappa shape index (κ1) is 16.7. The molecule has 4 rings (SSSR count). The Labute approximate surface area is 155 Å². The number of anilines is 1. The Balaban J connectivity index is 1.50. The Kier molecular flexibility index (Phi) is 4.42. The predicted octanol–water partition coefficient (Wildman–Crippen LogP) is 1.88. The van der Waals surface area contributed by atoms with Crippen molar-refractivity contribution in [2.45, 2.75) is 25.8 Å². The zero-order chi connectivity index (χ0) is 18.1. The van der Waals surface area contributed by atoms with Crippen LogP contribution in [0.25, 0.3) is 5.65 Å². The molecule has 26 heavy (non-hydrogen) atoms. The molecule has 0 aromatic carbocycles. The molecule has 1 N–H and O–H groups in total. The van der Waals surface area contributed by atoms with Gasteiger partial charge in [-0.05, 0) is 31.4 Å². The number of aromatic nitrogens is 5. The highest BCUT2D eigenvalue weighted by atomic mass is 35.5. The molecular weight excluding hydrogens is 354 g/mol. The van der Waals surface area contributed by atoms with Crippen LogP contribution in [0.4, 0.5) is 5.95 Å². The van der Waals surface area contributed by atoms with Gasteiger partial charge in [0.15, 0.2) is 11.3 Å². The lowest BCUT2D eigenvalue weighted by Gasteiger charge is -2.32. The van der Waals surface area contributed by atoms with Gasteiger partial charge in [-0.3, -0.25) is 4.79 Å². The quantitative estimate of drug-likeness (QED) is 0.756. The van der Waals surface area contributed by atoms with E-state index in [9.17, 15) is 4.79 Å². The lowest BCUT2D eigenvalue weighted by molar-refractivity contribution is 0.0928. The van der Waals surface area contributed by atoms with Crippen LogP contribution in [0.2, 0.25) is 5.02 Å². The summed E-state index contributed by atoms with van der Waals surface area (Å²) in [6.45, 7) is 3.43. The predicted molar refractivity (Wildman–Crippen MR) is 97.5 cm³/mol. The highest BCUT2D eigenvalue weighted by Crippen LogP contribution is 2.21. The molecule has 4 heterocycles. The fourth-order valence-electron chi connectivity index (χ4n) is 3.13. The van der Waals surface area contributed by atoms with Crippen LogP contribution in [-0.2, 0) is 0 Å². The fourth-order valence-corrected chi connectivity index (χ4v) is 3.39. The molecule has 0 saturated carbocycles. The Hall–Kier alpha value is -2.74. The number of aryl methyl sites for hydroxylation is 1. The molecule has 0 radical (unpaired) electrons. The van der Waals surface area contributed by atoms with Crippen LogP contribution in [0, 0.1) is 6.92 Å². The number of fused-ring (bicyclic) bond motifs is 1. The zero-order valence-corrected chi connectivity index (χ0v) is 15.0. The maximum atomic E-state index is 12.7. The van der Waals surface area contributed by atoms with Crippen molar-refractivity contribution in [3.63, 3.8) is 0 Å². The Morgan fingerprint density at radius 1 is 1.31 bits per heavy atom. The van der Waals surface area contributed by atoms with Crippen molar-refractivity contribution >= 4 is 29.1 Å². The first-order valence-electron chi connectivity index (χ1n) is 8.45. The maximum absolute atomic E-state index is 12.7. The average molecular weight is 372 g/mol.